The Morgan fingerprint density at radius 2 is 2.19 bits per heavy atom. The van der Waals surface area contributed by atoms with Gasteiger partial charge in [-0.2, -0.15) is 0 Å². The number of aromatic carboxylic acids is 1. The molecule has 0 spiro atoms. The molecule has 0 radical (unpaired) electrons. The molecule has 2 rings (SSSR count). The summed E-state index contributed by atoms with van der Waals surface area (Å²) in [6.07, 6.45) is 2.99. The zero-order valence-corrected chi connectivity index (χ0v) is 11.7. The highest BCUT2D eigenvalue weighted by atomic mass is 32.2. The second kappa shape index (κ2) is 5.62. The van der Waals surface area contributed by atoms with Gasteiger partial charge in [-0.15, -0.1) is 0 Å². The van der Waals surface area contributed by atoms with Crippen LogP contribution in [0.5, 0.6) is 0 Å². The lowest BCUT2D eigenvalue weighted by atomic mass is 10.1. The molecule has 0 saturated heterocycles. The number of benzene rings is 1. The van der Waals surface area contributed by atoms with E-state index in [1.165, 1.54) is 19.3 Å². The van der Waals surface area contributed by atoms with Crippen molar-refractivity contribution in [2.75, 3.05) is 0 Å². The van der Waals surface area contributed by atoms with Gasteiger partial charge in [0.25, 0.3) is 0 Å². The van der Waals surface area contributed by atoms with Gasteiger partial charge in [0.2, 0.25) is 10.0 Å². The summed E-state index contributed by atoms with van der Waals surface area (Å²) in [5.41, 5.74) is -0.580. The number of H-pyrrole nitrogens is 1. The Labute approximate surface area is 119 Å². The number of nitrogens with one attached hydrogen (secondary N) is 2. The van der Waals surface area contributed by atoms with E-state index in [0.717, 1.165) is 12.1 Å². The molecular formula is C12H12FN3O4S. The Kier molecular flexibility index (Phi) is 4.05. The second-order valence-electron chi connectivity index (χ2n) is 4.25. The van der Waals surface area contributed by atoms with E-state index >= 15 is 0 Å². The van der Waals surface area contributed by atoms with Crippen LogP contribution < -0.4 is 4.72 Å². The molecule has 0 aliphatic carbocycles. The number of carboxylic acids is 1. The number of hydrogen-bond donors (Lipinski definition) is 3. The molecular weight excluding hydrogens is 301 g/mol. The van der Waals surface area contributed by atoms with E-state index in [2.05, 4.69) is 14.7 Å². The number of imidazole rings is 1. The van der Waals surface area contributed by atoms with Gasteiger partial charge in [-0.3, -0.25) is 0 Å². The van der Waals surface area contributed by atoms with Crippen molar-refractivity contribution >= 4 is 16.0 Å². The molecule has 0 aliphatic heterocycles. The first-order chi connectivity index (χ1) is 9.81. The molecule has 1 heterocycles. The van der Waals surface area contributed by atoms with Crippen molar-refractivity contribution in [2.24, 2.45) is 0 Å². The molecule has 21 heavy (non-hydrogen) atoms. The minimum Gasteiger partial charge on any atom is -0.478 e. The van der Waals surface area contributed by atoms with Crippen molar-refractivity contribution in [1.29, 1.82) is 0 Å². The highest BCUT2D eigenvalue weighted by Gasteiger charge is 2.22. The summed E-state index contributed by atoms with van der Waals surface area (Å²) in [5, 5.41) is 8.87. The molecule has 9 heteroatoms. The molecule has 0 atom stereocenters. The van der Waals surface area contributed by atoms with E-state index in [9.17, 15) is 17.6 Å². The van der Waals surface area contributed by atoms with Crippen LogP contribution in [0.1, 0.15) is 21.7 Å². The molecule has 112 valence electrons. The van der Waals surface area contributed by atoms with Crippen LogP contribution in [0, 0.1) is 12.7 Å². The SMILES string of the molecule is Cc1c(F)cc(C(=O)O)cc1S(=O)(=O)NCc1ncc[nH]1. The third-order valence-corrected chi connectivity index (χ3v) is 4.35. The predicted molar refractivity (Wildman–Crippen MR) is 70.7 cm³/mol. The van der Waals surface area contributed by atoms with Gasteiger partial charge in [0.05, 0.1) is 17.0 Å². The molecule has 7 nitrogen and oxygen atoms in total. The minimum absolute atomic E-state index is 0.117. The van der Waals surface area contributed by atoms with Gasteiger partial charge in [0.15, 0.2) is 0 Å². The Morgan fingerprint density at radius 1 is 1.48 bits per heavy atom. The summed E-state index contributed by atoms with van der Waals surface area (Å²) in [7, 11) is -4.06. The highest BCUT2D eigenvalue weighted by Crippen LogP contribution is 2.20. The third-order valence-electron chi connectivity index (χ3n) is 2.82. The highest BCUT2D eigenvalue weighted by molar-refractivity contribution is 7.89. The van der Waals surface area contributed by atoms with Crippen molar-refractivity contribution in [2.45, 2.75) is 18.4 Å². The minimum atomic E-state index is -4.06. The van der Waals surface area contributed by atoms with Crippen molar-refractivity contribution in [3.8, 4) is 0 Å². The number of sulfonamides is 1. The van der Waals surface area contributed by atoms with Crippen molar-refractivity contribution in [3.05, 3.63) is 47.3 Å². The molecule has 0 amide bonds. The maximum atomic E-state index is 13.7. The molecule has 0 bridgehead atoms. The van der Waals surface area contributed by atoms with Crippen LogP contribution in [-0.2, 0) is 16.6 Å². The van der Waals surface area contributed by atoms with Gasteiger partial charge in [0, 0.05) is 18.0 Å². The number of rotatable bonds is 5. The number of halogens is 1. The third kappa shape index (κ3) is 3.26. The fourth-order valence-electron chi connectivity index (χ4n) is 1.69. The van der Waals surface area contributed by atoms with E-state index in [1.54, 1.807) is 0 Å². The van der Waals surface area contributed by atoms with Gasteiger partial charge in [-0.1, -0.05) is 0 Å². The Balaban J connectivity index is 2.37. The van der Waals surface area contributed by atoms with Crippen LogP contribution in [0.25, 0.3) is 0 Å². The van der Waals surface area contributed by atoms with Gasteiger partial charge in [-0.05, 0) is 19.1 Å². The maximum absolute atomic E-state index is 13.7. The van der Waals surface area contributed by atoms with Gasteiger partial charge >= 0.3 is 5.97 Å². The smallest absolute Gasteiger partial charge is 0.335 e. The number of carboxylic acid groups (broad SMARTS) is 1. The van der Waals surface area contributed by atoms with Crippen LogP contribution in [-0.4, -0.2) is 29.5 Å². The molecule has 3 N–H and O–H groups in total. The maximum Gasteiger partial charge on any atom is 0.335 e. The van der Waals surface area contributed by atoms with Crippen LogP contribution >= 0.6 is 0 Å². The lowest BCUT2D eigenvalue weighted by molar-refractivity contribution is 0.0696. The molecule has 1 aromatic carbocycles. The predicted octanol–water partition coefficient (Wildman–Crippen LogP) is 1.03. The fraction of sp³-hybridized carbons (Fsp3) is 0.167. The summed E-state index contributed by atoms with van der Waals surface area (Å²) in [6, 6.07) is 1.70. The summed E-state index contributed by atoms with van der Waals surface area (Å²) < 4.78 is 40.2. The van der Waals surface area contributed by atoms with Gasteiger partial charge in [-0.25, -0.2) is 27.3 Å². The first-order valence-corrected chi connectivity index (χ1v) is 7.31. The first kappa shape index (κ1) is 15.1. The molecule has 0 fully saturated rings. The Hall–Kier alpha value is -2.26. The molecule has 0 saturated carbocycles. The zero-order chi connectivity index (χ0) is 15.6. The van der Waals surface area contributed by atoms with Crippen LogP contribution in [0.3, 0.4) is 0 Å². The zero-order valence-electron chi connectivity index (χ0n) is 10.9. The molecule has 0 unspecified atom stereocenters. The second-order valence-corrected chi connectivity index (χ2v) is 5.98. The van der Waals surface area contributed by atoms with E-state index < -0.39 is 32.3 Å². The molecule has 1 aromatic heterocycles. The van der Waals surface area contributed by atoms with Gasteiger partial charge < -0.3 is 10.1 Å². The standard InChI is InChI=1S/C12H12FN3O4S/c1-7-9(13)4-8(12(17)18)5-10(7)21(19,20)16-6-11-14-2-3-15-11/h2-5,16H,6H2,1H3,(H,14,15)(H,17,18). The summed E-state index contributed by atoms with van der Waals surface area (Å²) in [6.45, 7) is 1.15. The number of hydrogen-bond acceptors (Lipinski definition) is 4. The normalized spacial score (nSPS) is 11.5. The number of nitrogens with zero attached hydrogens (tertiary/aromatic N) is 1. The first-order valence-electron chi connectivity index (χ1n) is 5.82. The summed E-state index contributed by atoms with van der Waals surface area (Å²) in [4.78, 5) is 17.0. The topological polar surface area (TPSA) is 112 Å². The van der Waals surface area contributed by atoms with Crippen LogP contribution in [0.4, 0.5) is 4.39 Å². The summed E-state index contributed by atoms with van der Waals surface area (Å²) >= 11 is 0. The van der Waals surface area contributed by atoms with Crippen molar-refractivity contribution < 1.29 is 22.7 Å². The lowest BCUT2D eigenvalue weighted by Gasteiger charge is -2.10. The summed E-state index contributed by atoms with van der Waals surface area (Å²) in [5.74, 6) is -1.92. The average molecular weight is 313 g/mol. The quantitative estimate of drug-likeness (QED) is 0.763. The Morgan fingerprint density at radius 3 is 2.76 bits per heavy atom. The lowest BCUT2D eigenvalue weighted by Crippen LogP contribution is -2.25. The largest absolute Gasteiger partial charge is 0.478 e. The van der Waals surface area contributed by atoms with E-state index in [-0.39, 0.29) is 12.1 Å². The van der Waals surface area contributed by atoms with Gasteiger partial charge in [0.1, 0.15) is 11.6 Å². The monoisotopic (exact) mass is 313 g/mol. The van der Waals surface area contributed by atoms with E-state index in [4.69, 9.17) is 5.11 Å². The number of carbonyl (C=O) groups is 1. The fourth-order valence-corrected chi connectivity index (χ4v) is 2.96. The van der Waals surface area contributed by atoms with Crippen molar-refractivity contribution in [3.63, 3.8) is 0 Å². The average Bonchev–Trinajstić information content (AvgIpc) is 2.92. The van der Waals surface area contributed by atoms with E-state index in [1.807, 2.05) is 0 Å². The number of aromatic amines is 1. The number of aromatic nitrogens is 2. The van der Waals surface area contributed by atoms with Crippen molar-refractivity contribution in [1.82, 2.24) is 14.7 Å². The molecule has 2 aromatic rings. The Bertz CT molecular complexity index is 772. The van der Waals surface area contributed by atoms with E-state index in [0.29, 0.717) is 5.82 Å². The van der Waals surface area contributed by atoms with Crippen LogP contribution in [0.2, 0.25) is 0 Å². The van der Waals surface area contributed by atoms with Crippen LogP contribution in [0.15, 0.2) is 29.4 Å². The molecule has 0 aliphatic rings.